The first kappa shape index (κ1) is 14.8. The van der Waals surface area contributed by atoms with E-state index in [1.54, 1.807) is 11.3 Å². The standard InChI is InChI=1S/C19H19NOS/c1-13(15-8-4-3-5-9-15)12-20-19(21)18-14(2)16-10-6-7-11-17(16)22-18/h3-11,13H,12H2,1-2H3,(H,20,21). The lowest BCUT2D eigenvalue weighted by atomic mass is 10.0. The van der Waals surface area contributed by atoms with Crippen molar-refractivity contribution in [2.75, 3.05) is 6.54 Å². The average Bonchev–Trinajstić information content (AvgIpc) is 2.90. The number of hydrogen-bond donors (Lipinski definition) is 1. The Morgan fingerprint density at radius 2 is 1.77 bits per heavy atom. The molecule has 1 unspecified atom stereocenters. The van der Waals surface area contributed by atoms with Crippen molar-refractivity contribution >= 4 is 27.3 Å². The highest BCUT2D eigenvalue weighted by molar-refractivity contribution is 7.21. The molecular formula is C19H19NOS. The summed E-state index contributed by atoms with van der Waals surface area (Å²) in [5, 5.41) is 4.25. The van der Waals surface area contributed by atoms with Gasteiger partial charge in [-0.25, -0.2) is 0 Å². The first-order chi connectivity index (χ1) is 10.7. The van der Waals surface area contributed by atoms with Gasteiger partial charge in [0.2, 0.25) is 0 Å². The summed E-state index contributed by atoms with van der Waals surface area (Å²) < 4.78 is 1.17. The Bertz CT molecular complexity index is 792. The predicted octanol–water partition coefficient (Wildman–Crippen LogP) is 4.74. The molecule has 2 nitrogen and oxygen atoms in total. The van der Waals surface area contributed by atoms with Gasteiger partial charge in [0.05, 0.1) is 4.88 Å². The van der Waals surface area contributed by atoms with Crippen molar-refractivity contribution in [3.63, 3.8) is 0 Å². The number of carbonyl (C=O) groups is 1. The normalized spacial score (nSPS) is 12.3. The zero-order chi connectivity index (χ0) is 15.5. The van der Waals surface area contributed by atoms with Gasteiger partial charge in [-0.2, -0.15) is 0 Å². The molecule has 0 aliphatic heterocycles. The number of amides is 1. The van der Waals surface area contributed by atoms with Crippen LogP contribution in [0.2, 0.25) is 0 Å². The molecule has 0 saturated heterocycles. The first-order valence-corrected chi connectivity index (χ1v) is 8.29. The van der Waals surface area contributed by atoms with Crippen molar-refractivity contribution in [3.05, 3.63) is 70.6 Å². The van der Waals surface area contributed by atoms with Crippen LogP contribution in [0.25, 0.3) is 10.1 Å². The van der Waals surface area contributed by atoms with Crippen LogP contribution in [0, 0.1) is 6.92 Å². The fraction of sp³-hybridized carbons (Fsp3) is 0.211. The van der Waals surface area contributed by atoms with Gasteiger partial charge in [-0.1, -0.05) is 55.5 Å². The van der Waals surface area contributed by atoms with Gasteiger partial charge in [0.15, 0.2) is 0 Å². The quantitative estimate of drug-likeness (QED) is 0.741. The maximum atomic E-state index is 12.5. The molecule has 0 radical (unpaired) electrons. The van der Waals surface area contributed by atoms with Crippen LogP contribution in [0.3, 0.4) is 0 Å². The van der Waals surface area contributed by atoms with Crippen molar-refractivity contribution < 1.29 is 4.79 Å². The fourth-order valence-electron chi connectivity index (χ4n) is 2.62. The van der Waals surface area contributed by atoms with E-state index in [0.717, 1.165) is 10.4 Å². The second-order valence-corrected chi connectivity index (χ2v) is 6.63. The lowest BCUT2D eigenvalue weighted by Crippen LogP contribution is -2.27. The molecule has 3 aromatic rings. The fourth-order valence-corrected chi connectivity index (χ4v) is 3.74. The highest BCUT2D eigenvalue weighted by atomic mass is 32.1. The van der Waals surface area contributed by atoms with E-state index >= 15 is 0 Å². The van der Waals surface area contributed by atoms with Crippen LogP contribution in [-0.4, -0.2) is 12.5 Å². The van der Waals surface area contributed by atoms with E-state index in [-0.39, 0.29) is 5.91 Å². The van der Waals surface area contributed by atoms with Crippen molar-refractivity contribution in [1.29, 1.82) is 0 Å². The molecule has 2 aromatic carbocycles. The maximum absolute atomic E-state index is 12.5. The summed E-state index contributed by atoms with van der Waals surface area (Å²) in [6.45, 7) is 4.80. The Balaban J connectivity index is 1.72. The van der Waals surface area contributed by atoms with Crippen molar-refractivity contribution in [2.24, 2.45) is 0 Å². The molecule has 0 bridgehead atoms. The van der Waals surface area contributed by atoms with E-state index in [1.807, 2.05) is 37.3 Å². The van der Waals surface area contributed by atoms with Gasteiger partial charge < -0.3 is 5.32 Å². The van der Waals surface area contributed by atoms with E-state index in [1.165, 1.54) is 15.6 Å². The zero-order valence-electron chi connectivity index (χ0n) is 12.8. The molecule has 0 saturated carbocycles. The minimum absolute atomic E-state index is 0.0291. The van der Waals surface area contributed by atoms with Crippen molar-refractivity contribution in [1.82, 2.24) is 5.32 Å². The Morgan fingerprint density at radius 3 is 2.50 bits per heavy atom. The van der Waals surface area contributed by atoms with E-state index in [0.29, 0.717) is 12.5 Å². The molecule has 0 fully saturated rings. The third kappa shape index (κ3) is 2.90. The number of carbonyl (C=O) groups excluding carboxylic acids is 1. The van der Waals surface area contributed by atoms with Crippen molar-refractivity contribution in [3.8, 4) is 0 Å². The van der Waals surface area contributed by atoms with E-state index in [4.69, 9.17) is 0 Å². The predicted molar refractivity (Wildman–Crippen MR) is 93.8 cm³/mol. The van der Waals surface area contributed by atoms with Gasteiger partial charge in [-0.15, -0.1) is 11.3 Å². The monoisotopic (exact) mass is 309 g/mol. The van der Waals surface area contributed by atoms with E-state index in [2.05, 4.69) is 36.5 Å². The van der Waals surface area contributed by atoms with E-state index < -0.39 is 0 Å². The number of hydrogen-bond acceptors (Lipinski definition) is 2. The largest absolute Gasteiger partial charge is 0.351 e. The number of rotatable bonds is 4. The van der Waals surface area contributed by atoms with Crippen LogP contribution in [0.5, 0.6) is 0 Å². The summed E-state index contributed by atoms with van der Waals surface area (Å²) in [6, 6.07) is 18.4. The van der Waals surface area contributed by atoms with E-state index in [9.17, 15) is 4.79 Å². The summed E-state index contributed by atoms with van der Waals surface area (Å²) in [4.78, 5) is 13.3. The second kappa shape index (κ2) is 6.32. The molecule has 3 rings (SSSR count). The molecule has 0 spiro atoms. The molecule has 1 aromatic heterocycles. The van der Waals surface area contributed by atoms with Gasteiger partial charge in [0.1, 0.15) is 0 Å². The minimum atomic E-state index is 0.0291. The molecule has 1 heterocycles. The maximum Gasteiger partial charge on any atom is 0.261 e. The number of fused-ring (bicyclic) bond motifs is 1. The summed E-state index contributed by atoms with van der Waals surface area (Å²) in [5.74, 6) is 0.335. The zero-order valence-corrected chi connectivity index (χ0v) is 13.6. The molecule has 3 heteroatoms. The number of benzene rings is 2. The smallest absolute Gasteiger partial charge is 0.261 e. The Labute approximate surface area is 134 Å². The molecule has 22 heavy (non-hydrogen) atoms. The summed E-state index contributed by atoms with van der Waals surface area (Å²) >= 11 is 1.57. The van der Waals surface area contributed by atoms with Gasteiger partial charge in [-0.05, 0) is 35.4 Å². The summed E-state index contributed by atoms with van der Waals surface area (Å²) in [7, 11) is 0. The minimum Gasteiger partial charge on any atom is -0.351 e. The highest BCUT2D eigenvalue weighted by Crippen LogP contribution is 2.30. The van der Waals surface area contributed by atoms with Gasteiger partial charge in [-0.3, -0.25) is 4.79 Å². The van der Waals surface area contributed by atoms with Crippen LogP contribution in [0.15, 0.2) is 54.6 Å². The van der Waals surface area contributed by atoms with Crippen LogP contribution < -0.4 is 5.32 Å². The van der Waals surface area contributed by atoms with Crippen LogP contribution in [0.1, 0.15) is 33.6 Å². The SMILES string of the molecule is Cc1c(C(=O)NCC(C)c2ccccc2)sc2ccccc12. The number of thiophene rings is 1. The van der Waals surface area contributed by atoms with Crippen LogP contribution >= 0.6 is 11.3 Å². The van der Waals surface area contributed by atoms with Gasteiger partial charge in [0, 0.05) is 11.2 Å². The average molecular weight is 309 g/mol. The Morgan fingerprint density at radius 1 is 1.09 bits per heavy atom. The van der Waals surface area contributed by atoms with Crippen LogP contribution in [0.4, 0.5) is 0 Å². The topological polar surface area (TPSA) is 29.1 Å². The lowest BCUT2D eigenvalue weighted by Gasteiger charge is -2.12. The van der Waals surface area contributed by atoms with Gasteiger partial charge >= 0.3 is 0 Å². The van der Waals surface area contributed by atoms with Crippen molar-refractivity contribution in [2.45, 2.75) is 19.8 Å². The molecule has 1 N–H and O–H groups in total. The molecule has 1 atom stereocenters. The number of nitrogens with one attached hydrogen (secondary N) is 1. The molecule has 0 aliphatic carbocycles. The second-order valence-electron chi connectivity index (χ2n) is 5.57. The van der Waals surface area contributed by atoms with Gasteiger partial charge in [0.25, 0.3) is 5.91 Å². The summed E-state index contributed by atoms with van der Waals surface area (Å²) in [6.07, 6.45) is 0. The molecular weight excluding hydrogens is 290 g/mol. The third-order valence-electron chi connectivity index (χ3n) is 3.99. The van der Waals surface area contributed by atoms with Crippen LogP contribution in [-0.2, 0) is 0 Å². The summed E-state index contributed by atoms with van der Waals surface area (Å²) in [5.41, 5.74) is 2.32. The Hall–Kier alpha value is -2.13. The lowest BCUT2D eigenvalue weighted by molar-refractivity contribution is 0.0955. The number of aryl methyl sites for hydroxylation is 1. The first-order valence-electron chi connectivity index (χ1n) is 7.48. The highest BCUT2D eigenvalue weighted by Gasteiger charge is 2.16. The molecule has 112 valence electrons. The third-order valence-corrected chi connectivity index (χ3v) is 5.26. The Kier molecular flexibility index (Phi) is 4.25. The molecule has 1 amide bonds. The molecule has 0 aliphatic rings.